The lowest BCUT2D eigenvalue weighted by Crippen LogP contribution is -2.19. The molecule has 3 aromatic rings. The lowest BCUT2D eigenvalue weighted by Gasteiger charge is -2.14. The van der Waals surface area contributed by atoms with Crippen LogP contribution in [0.4, 0.5) is 0 Å². The van der Waals surface area contributed by atoms with Crippen LogP contribution in [0.3, 0.4) is 0 Å². The molecule has 32 heavy (non-hydrogen) atoms. The van der Waals surface area contributed by atoms with Crippen LogP contribution >= 0.6 is 50.9 Å². The third-order valence-corrected chi connectivity index (χ3v) is 6.39. The second-order valence-electron chi connectivity index (χ2n) is 6.45. The molecule has 3 aromatic carbocycles. The maximum Gasteiger partial charge on any atom is 0.250 e. The van der Waals surface area contributed by atoms with Crippen LogP contribution in [0.25, 0.3) is 0 Å². The molecule has 0 unspecified atom stereocenters. The van der Waals surface area contributed by atoms with E-state index in [1.807, 2.05) is 42.5 Å². The van der Waals surface area contributed by atoms with Gasteiger partial charge in [0.1, 0.15) is 6.61 Å². The molecule has 0 saturated carbocycles. The molecule has 0 heterocycles. The van der Waals surface area contributed by atoms with Crippen molar-refractivity contribution in [3.8, 4) is 11.5 Å². The predicted octanol–water partition coefficient (Wildman–Crippen LogP) is 6.59. The molecule has 166 valence electrons. The minimum absolute atomic E-state index is 0.216. The van der Waals surface area contributed by atoms with E-state index in [1.54, 1.807) is 25.3 Å². The molecule has 9 heteroatoms. The number of thioether (sulfide) groups is 1. The first-order valence-electron chi connectivity index (χ1n) is 9.40. The smallest absolute Gasteiger partial charge is 0.250 e. The van der Waals surface area contributed by atoms with Crippen LogP contribution in [0.2, 0.25) is 10.0 Å². The first-order chi connectivity index (χ1) is 15.5. The van der Waals surface area contributed by atoms with E-state index in [0.29, 0.717) is 32.6 Å². The lowest BCUT2D eigenvalue weighted by atomic mass is 10.2. The van der Waals surface area contributed by atoms with Crippen LogP contribution in [0.5, 0.6) is 11.5 Å². The molecule has 0 saturated heterocycles. The highest BCUT2D eigenvalue weighted by Crippen LogP contribution is 2.37. The Labute approximate surface area is 209 Å². The summed E-state index contributed by atoms with van der Waals surface area (Å²) in [6, 6.07) is 18.4. The molecule has 0 fully saturated rings. The van der Waals surface area contributed by atoms with Gasteiger partial charge >= 0.3 is 0 Å². The van der Waals surface area contributed by atoms with Crippen molar-refractivity contribution in [2.75, 3.05) is 12.9 Å². The number of hydrogen-bond donors (Lipinski definition) is 1. The fourth-order valence-electron chi connectivity index (χ4n) is 2.61. The van der Waals surface area contributed by atoms with Gasteiger partial charge in [0.2, 0.25) is 5.91 Å². The Morgan fingerprint density at radius 3 is 2.62 bits per heavy atom. The molecular formula is C23H19BrCl2N2O3S. The topological polar surface area (TPSA) is 59.9 Å². The summed E-state index contributed by atoms with van der Waals surface area (Å²) in [7, 11) is 1.56. The van der Waals surface area contributed by atoms with E-state index < -0.39 is 0 Å². The Kier molecular flexibility index (Phi) is 9.29. The first-order valence-corrected chi connectivity index (χ1v) is 11.9. The van der Waals surface area contributed by atoms with E-state index in [9.17, 15) is 4.79 Å². The molecule has 0 spiro atoms. The van der Waals surface area contributed by atoms with Crippen molar-refractivity contribution in [1.82, 2.24) is 5.43 Å². The molecule has 0 bridgehead atoms. The Bertz CT molecular complexity index is 1110. The Hall–Kier alpha value is -2.19. The van der Waals surface area contributed by atoms with Gasteiger partial charge in [0.15, 0.2) is 11.5 Å². The third-order valence-electron chi connectivity index (χ3n) is 4.17. The number of halogens is 3. The molecule has 5 nitrogen and oxygen atoms in total. The second-order valence-corrected chi connectivity index (χ2v) is 9.20. The highest BCUT2D eigenvalue weighted by atomic mass is 79.9. The molecule has 0 aliphatic rings. The summed E-state index contributed by atoms with van der Waals surface area (Å²) in [5.74, 6) is 1.10. The van der Waals surface area contributed by atoms with Crippen molar-refractivity contribution in [2.24, 2.45) is 5.10 Å². The van der Waals surface area contributed by atoms with Gasteiger partial charge < -0.3 is 9.47 Å². The van der Waals surface area contributed by atoms with Crippen molar-refractivity contribution in [3.05, 3.63) is 86.3 Å². The minimum atomic E-state index is -0.216. The summed E-state index contributed by atoms with van der Waals surface area (Å²) in [5.41, 5.74) is 4.11. The second kappa shape index (κ2) is 12.2. The maximum absolute atomic E-state index is 12.0. The van der Waals surface area contributed by atoms with Crippen LogP contribution in [0.1, 0.15) is 11.1 Å². The Balaban J connectivity index is 1.58. The van der Waals surface area contributed by atoms with Gasteiger partial charge in [-0.25, -0.2) is 5.43 Å². The van der Waals surface area contributed by atoms with Crippen LogP contribution in [0.15, 0.2) is 75.1 Å². The largest absolute Gasteiger partial charge is 0.493 e. The standard InChI is InChI=1S/C23H19BrCl2N2O3S/c1-30-21-11-15(10-19(24)23(21)31-13-16-4-2-3-5-20(16)26)12-27-28-22(29)14-32-18-8-6-17(25)7-9-18/h2-12H,13-14H2,1H3,(H,28,29)/b27-12+. The van der Waals surface area contributed by atoms with E-state index in [4.69, 9.17) is 32.7 Å². The zero-order valence-corrected chi connectivity index (χ0v) is 20.9. The van der Waals surface area contributed by atoms with Crippen LogP contribution in [-0.2, 0) is 11.4 Å². The summed E-state index contributed by atoms with van der Waals surface area (Å²) in [4.78, 5) is 13.0. The first kappa shape index (κ1) is 24.5. The van der Waals surface area contributed by atoms with Gasteiger partial charge in [-0.1, -0.05) is 41.4 Å². The highest BCUT2D eigenvalue weighted by molar-refractivity contribution is 9.10. The average Bonchev–Trinajstić information content (AvgIpc) is 2.78. The summed E-state index contributed by atoms with van der Waals surface area (Å²) >= 11 is 17.0. The number of amides is 1. The summed E-state index contributed by atoms with van der Waals surface area (Å²) in [6.45, 7) is 0.295. The SMILES string of the molecule is COc1cc(/C=N/NC(=O)CSc2ccc(Cl)cc2)cc(Br)c1OCc1ccccc1Cl. The van der Waals surface area contributed by atoms with Crippen molar-refractivity contribution in [1.29, 1.82) is 0 Å². The zero-order chi connectivity index (χ0) is 22.9. The molecule has 1 amide bonds. The van der Waals surface area contributed by atoms with Crippen LogP contribution in [0, 0.1) is 0 Å². The molecule has 1 N–H and O–H groups in total. The predicted molar refractivity (Wildman–Crippen MR) is 134 cm³/mol. The van der Waals surface area contributed by atoms with Gasteiger partial charge in [-0.2, -0.15) is 5.10 Å². The van der Waals surface area contributed by atoms with Crippen molar-refractivity contribution in [2.45, 2.75) is 11.5 Å². The van der Waals surface area contributed by atoms with Gasteiger partial charge in [0.25, 0.3) is 0 Å². The monoisotopic (exact) mass is 552 g/mol. The molecule has 0 aliphatic carbocycles. The van der Waals surface area contributed by atoms with Crippen molar-refractivity contribution in [3.63, 3.8) is 0 Å². The molecule has 3 rings (SSSR count). The van der Waals surface area contributed by atoms with E-state index >= 15 is 0 Å². The lowest BCUT2D eigenvalue weighted by molar-refractivity contribution is -0.118. The van der Waals surface area contributed by atoms with E-state index in [-0.39, 0.29) is 11.7 Å². The normalized spacial score (nSPS) is 10.9. The number of carbonyl (C=O) groups is 1. The number of nitrogens with zero attached hydrogens (tertiary/aromatic N) is 1. The van der Waals surface area contributed by atoms with E-state index in [2.05, 4.69) is 26.5 Å². The number of methoxy groups -OCH3 is 1. The third kappa shape index (κ3) is 7.17. The molecule has 0 radical (unpaired) electrons. The quantitative estimate of drug-likeness (QED) is 0.184. The number of carbonyl (C=O) groups excluding carboxylic acids is 1. The van der Waals surface area contributed by atoms with Gasteiger partial charge in [0.05, 0.1) is 23.5 Å². The Morgan fingerprint density at radius 1 is 1.16 bits per heavy atom. The molecule has 0 aliphatic heterocycles. The van der Waals surface area contributed by atoms with Gasteiger partial charge in [-0.05, 0) is 64.0 Å². The van der Waals surface area contributed by atoms with Crippen LogP contribution in [-0.4, -0.2) is 25.0 Å². The Morgan fingerprint density at radius 2 is 1.91 bits per heavy atom. The molecule has 0 atom stereocenters. The number of rotatable bonds is 9. The van der Waals surface area contributed by atoms with Gasteiger partial charge in [0, 0.05) is 20.5 Å². The fourth-order valence-corrected chi connectivity index (χ4v) is 4.19. The molecule has 0 aromatic heterocycles. The number of hydrogen-bond acceptors (Lipinski definition) is 5. The van der Waals surface area contributed by atoms with Crippen LogP contribution < -0.4 is 14.9 Å². The number of nitrogens with one attached hydrogen (secondary N) is 1. The highest BCUT2D eigenvalue weighted by Gasteiger charge is 2.12. The number of ether oxygens (including phenoxy) is 2. The maximum atomic E-state index is 12.0. The molecular weight excluding hydrogens is 535 g/mol. The summed E-state index contributed by atoms with van der Waals surface area (Å²) in [5, 5.41) is 5.32. The van der Waals surface area contributed by atoms with Crippen molar-refractivity contribution >= 4 is 63.0 Å². The summed E-state index contributed by atoms with van der Waals surface area (Å²) < 4.78 is 12.1. The van der Waals surface area contributed by atoms with E-state index in [0.717, 1.165) is 16.0 Å². The van der Waals surface area contributed by atoms with Crippen molar-refractivity contribution < 1.29 is 14.3 Å². The van der Waals surface area contributed by atoms with Gasteiger partial charge in [-0.3, -0.25) is 4.79 Å². The fraction of sp³-hybridized carbons (Fsp3) is 0.130. The number of benzene rings is 3. The summed E-state index contributed by atoms with van der Waals surface area (Å²) in [6.07, 6.45) is 1.54. The minimum Gasteiger partial charge on any atom is -0.493 e. The number of hydrazone groups is 1. The zero-order valence-electron chi connectivity index (χ0n) is 17.0. The van der Waals surface area contributed by atoms with Gasteiger partial charge in [-0.15, -0.1) is 11.8 Å². The van der Waals surface area contributed by atoms with E-state index in [1.165, 1.54) is 18.0 Å². The average molecular weight is 554 g/mol.